The van der Waals surface area contributed by atoms with Crippen molar-refractivity contribution in [2.75, 3.05) is 6.54 Å². The van der Waals surface area contributed by atoms with Gasteiger partial charge in [-0.2, -0.15) is 0 Å². The molecule has 0 heterocycles. The van der Waals surface area contributed by atoms with Gasteiger partial charge in [0, 0.05) is 18.5 Å². The monoisotopic (exact) mass is 402 g/mol. The van der Waals surface area contributed by atoms with Crippen LogP contribution in [0.3, 0.4) is 0 Å². The third kappa shape index (κ3) is 6.29. The summed E-state index contributed by atoms with van der Waals surface area (Å²) in [7, 11) is -4.10. The molecule has 2 amide bonds. The lowest BCUT2D eigenvalue weighted by atomic mass is 10.00. The van der Waals surface area contributed by atoms with E-state index in [2.05, 4.69) is 12.2 Å². The number of ketones is 1. The average molecular weight is 403 g/mol. The molecule has 1 aromatic carbocycles. The number of urea groups is 1. The first kappa shape index (κ1) is 22.4. The van der Waals surface area contributed by atoms with Crippen molar-refractivity contribution in [3.05, 3.63) is 28.3 Å². The van der Waals surface area contributed by atoms with Crippen LogP contribution < -0.4 is 10.0 Å². The number of carbonyl (C=O) groups is 2. The molecule has 0 bridgehead atoms. The quantitative estimate of drug-likeness (QED) is 0.453. The molecule has 26 heavy (non-hydrogen) atoms. The van der Waals surface area contributed by atoms with Gasteiger partial charge in [0.1, 0.15) is 0 Å². The number of rotatable bonds is 10. The van der Waals surface area contributed by atoms with E-state index in [1.807, 2.05) is 11.6 Å². The topological polar surface area (TPSA) is 92.3 Å². The molecule has 0 spiro atoms. The van der Waals surface area contributed by atoms with Crippen molar-refractivity contribution in [1.29, 1.82) is 0 Å². The van der Waals surface area contributed by atoms with Crippen molar-refractivity contribution in [2.45, 2.75) is 64.2 Å². The summed E-state index contributed by atoms with van der Waals surface area (Å²) < 4.78 is 26.9. The minimum atomic E-state index is -4.10. The van der Waals surface area contributed by atoms with E-state index in [1.165, 1.54) is 19.1 Å². The van der Waals surface area contributed by atoms with Gasteiger partial charge in [0.25, 0.3) is 10.0 Å². The summed E-state index contributed by atoms with van der Waals surface area (Å²) in [4.78, 5) is 24.1. The van der Waals surface area contributed by atoms with Crippen LogP contribution in [0, 0.1) is 6.92 Å². The predicted molar refractivity (Wildman–Crippen MR) is 103 cm³/mol. The number of Topliss-reactive ketones (excluding diaryl/α,β-unsaturated/α-hetero) is 1. The van der Waals surface area contributed by atoms with E-state index in [0.717, 1.165) is 25.7 Å². The fraction of sp³-hybridized carbons (Fsp3) is 0.556. The highest BCUT2D eigenvalue weighted by atomic mass is 35.5. The summed E-state index contributed by atoms with van der Waals surface area (Å²) in [6, 6.07) is 1.89. The Morgan fingerprint density at radius 2 is 1.77 bits per heavy atom. The summed E-state index contributed by atoms with van der Waals surface area (Å²) in [6.45, 7) is 5.84. The maximum absolute atomic E-state index is 12.5. The van der Waals surface area contributed by atoms with Gasteiger partial charge in [-0.3, -0.25) is 4.79 Å². The Morgan fingerprint density at radius 1 is 1.08 bits per heavy atom. The number of nitrogens with one attached hydrogen (secondary N) is 2. The smallest absolute Gasteiger partial charge is 0.328 e. The Hall–Kier alpha value is -1.60. The summed E-state index contributed by atoms with van der Waals surface area (Å²) in [5.41, 5.74) is 0.466. The highest BCUT2D eigenvalue weighted by molar-refractivity contribution is 7.90. The van der Waals surface area contributed by atoms with Crippen LogP contribution in [-0.2, 0) is 10.0 Å². The number of benzene rings is 1. The Kier molecular flexibility index (Phi) is 9.08. The Labute approximate surface area is 160 Å². The van der Waals surface area contributed by atoms with Gasteiger partial charge in [-0.15, -0.1) is 0 Å². The summed E-state index contributed by atoms with van der Waals surface area (Å²) in [6.07, 6.45) is 4.78. The predicted octanol–water partition coefficient (Wildman–Crippen LogP) is 4.20. The fourth-order valence-corrected chi connectivity index (χ4v) is 4.07. The van der Waals surface area contributed by atoms with Gasteiger partial charge < -0.3 is 5.32 Å². The molecule has 2 N–H and O–H groups in total. The molecule has 0 atom stereocenters. The van der Waals surface area contributed by atoms with E-state index in [0.29, 0.717) is 19.4 Å². The first-order valence-electron chi connectivity index (χ1n) is 8.87. The minimum absolute atomic E-state index is 0.120. The van der Waals surface area contributed by atoms with Gasteiger partial charge in [-0.25, -0.2) is 17.9 Å². The van der Waals surface area contributed by atoms with E-state index >= 15 is 0 Å². The molecule has 8 heteroatoms. The molecule has 1 aromatic rings. The third-order valence-electron chi connectivity index (χ3n) is 3.95. The number of unbranched alkanes of at least 4 members (excludes halogenated alkanes) is 3. The van der Waals surface area contributed by atoms with Crippen LogP contribution in [0.5, 0.6) is 0 Å². The van der Waals surface area contributed by atoms with E-state index in [1.54, 1.807) is 0 Å². The molecule has 0 saturated heterocycles. The molecule has 0 unspecified atom stereocenters. The zero-order chi connectivity index (χ0) is 19.7. The van der Waals surface area contributed by atoms with Crippen molar-refractivity contribution in [2.24, 2.45) is 0 Å². The average Bonchev–Trinajstić information content (AvgIpc) is 2.56. The minimum Gasteiger partial charge on any atom is -0.337 e. The zero-order valence-corrected chi connectivity index (χ0v) is 17.1. The maximum Gasteiger partial charge on any atom is 0.328 e. The summed E-state index contributed by atoms with van der Waals surface area (Å²) in [5.74, 6) is -0.184. The molecule has 0 saturated carbocycles. The molecular weight excluding hydrogens is 376 g/mol. The van der Waals surface area contributed by atoms with Gasteiger partial charge in [0.2, 0.25) is 0 Å². The van der Waals surface area contributed by atoms with Crippen molar-refractivity contribution in [3.8, 4) is 0 Å². The number of amides is 2. The zero-order valence-electron chi connectivity index (χ0n) is 15.5. The lowest BCUT2D eigenvalue weighted by Gasteiger charge is -2.14. The number of sulfonamides is 1. The second-order valence-electron chi connectivity index (χ2n) is 6.14. The van der Waals surface area contributed by atoms with Crippen LogP contribution in [0.25, 0.3) is 0 Å². The number of halogens is 1. The van der Waals surface area contributed by atoms with E-state index < -0.39 is 16.1 Å². The number of carbonyl (C=O) groups excluding carboxylic acids is 2. The van der Waals surface area contributed by atoms with Gasteiger partial charge in [-0.05, 0) is 37.5 Å². The molecule has 0 radical (unpaired) electrons. The van der Waals surface area contributed by atoms with Crippen LogP contribution in [0.15, 0.2) is 17.0 Å². The first-order valence-corrected chi connectivity index (χ1v) is 10.7. The van der Waals surface area contributed by atoms with Crippen molar-refractivity contribution in [1.82, 2.24) is 10.0 Å². The van der Waals surface area contributed by atoms with Crippen LogP contribution in [0.4, 0.5) is 4.79 Å². The SMILES string of the molecule is CCCCCCC(=O)c1c(Cl)ccc(S(=O)(=O)NC(=O)NCCC)c1C. The van der Waals surface area contributed by atoms with Crippen molar-refractivity contribution in [3.63, 3.8) is 0 Å². The van der Waals surface area contributed by atoms with E-state index in [9.17, 15) is 18.0 Å². The molecule has 0 aliphatic heterocycles. The molecular formula is C18H27ClN2O4S. The first-order chi connectivity index (χ1) is 12.2. The largest absolute Gasteiger partial charge is 0.337 e. The molecule has 146 valence electrons. The van der Waals surface area contributed by atoms with Gasteiger partial charge in [0.05, 0.1) is 9.92 Å². The summed E-state index contributed by atoms with van der Waals surface area (Å²) >= 11 is 6.15. The normalized spacial score (nSPS) is 11.2. The Morgan fingerprint density at radius 3 is 2.38 bits per heavy atom. The lowest BCUT2D eigenvalue weighted by Crippen LogP contribution is -2.40. The molecule has 0 aliphatic rings. The molecule has 0 aliphatic carbocycles. The standard InChI is InChI=1S/C18H27ClN2O4S/c1-4-6-7-8-9-15(22)17-13(3)16(11-10-14(17)19)26(24,25)21-18(23)20-12-5-2/h10-11H,4-9,12H2,1-3H3,(H2,20,21,23). The molecule has 1 rings (SSSR count). The molecule has 0 aromatic heterocycles. The summed E-state index contributed by atoms with van der Waals surface area (Å²) in [5, 5.41) is 2.66. The maximum atomic E-state index is 12.5. The van der Waals surface area contributed by atoms with Crippen LogP contribution in [0.1, 0.15) is 68.3 Å². The van der Waals surface area contributed by atoms with Gasteiger partial charge in [-0.1, -0.05) is 44.7 Å². The highest BCUT2D eigenvalue weighted by Crippen LogP contribution is 2.27. The second-order valence-corrected chi connectivity index (χ2v) is 8.20. The number of hydrogen-bond donors (Lipinski definition) is 2. The highest BCUT2D eigenvalue weighted by Gasteiger charge is 2.24. The molecule has 0 fully saturated rings. The fourth-order valence-electron chi connectivity index (χ4n) is 2.58. The van der Waals surface area contributed by atoms with Crippen molar-refractivity contribution >= 4 is 33.4 Å². The van der Waals surface area contributed by atoms with Crippen LogP contribution in [0.2, 0.25) is 5.02 Å². The Balaban J connectivity index is 3.04. The lowest BCUT2D eigenvalue weighted by molar-refractivity contribution is 0.0978. The molecule has 6 nitrogen and oxygen atoms in total. The van der Waals surface area contributed by atoms with Crippen LogP contribution >= 0.6 is 11.6 Å². The Bertz CT molecular complexity index is 748. The second kappa shape index (κ2) is 10.5. The van der Waals surface area contributed by atoms with Crippen LogP contribution in [-0.4, -0.2) is 26.8 Å². The van der Waals surface area contributed by atoms with Crippen molar-refractivity contribution < 1.29 is 18.0 Å². The van der Waals surface area contributed by atoms with E-state index in [-0.39, 0.29) is 26.8 Å². The third-order valence-corrected chi connectivity index (χ3v) is 5.74. The van der Waals surface area contributed by atoms with Gasteiger partial charge in [0.15, 0.2) is 5.78 Å². The van der Waals surface area contributed by atoms with Gasteiger partial charge >= 0.3 is 6.03 Å². The van der Waals surface area contributed by atoms with E-state index in [4.69, 9.17) is 11.6 Å². The number of hydrogen-bond acceptors (Lipinski definition) is 4.